The zero-order valence-electron chi connectivity index (χ0n) is 22.7. The van der Waals surface area contributed by atoms with Gasteiger partial charge < -0.3 is 30.7 Å². The van der Waals surface area contributed by atoms with Crippen LogP contribution in [-0.4, -0.2) is 61.1 Å². The summed E-state index contributed by atoms with van der Waals surface area (Å²) in [7, 11) is 3.25. The minimum Gasteiger partial charge on any atom is -0.496 e. The Hall–Kier alpha value is -4.32. The van der Waals surface area contributed by atoms with E-state index in [2.05, 4.69) is 16.0 Å². The first-order chi connectivity index (χ1) is 19.1. The number of carbonyl (C=O) groups is 3. The number of ether oxygens (including phenoxy) is 1. The third-order valence-corrected chi connectivity index (χ3v) is 7.12. The summed E-state index contributed by atoms with van der Waals surface area (Å²) in [5, 5.41) is 27.1. The Labute approximate surface area is 232 Å². The van der Waals surface area contributed by atoms with Crippen LogP contribution in [0.4, 0.5) is 5.69 Å². The molecule has 1 aliphatic heterocycles. The van der Waals surface area contributed by atoms with Gasteiger partial charge in [-0.05, 0) is 61.3 Å². The molecule has 0 aromatic heterocycles. The van der Waals surface area contributed by atoms with Gasteiger partial charge in [-0.15, -0.1) is 0 Å². The van der Waals surface area contributed by atoms with E-state index in [1.54, 1.807) is 50.2 Å². The normalized spacial score (nSPS) is 16.5. The van der Waals surface area contributed by atoms with Crippen LogP contribution in [0.5, 0.6) is 5.75 Å². The second-order valence-corrected chi connectivity index (χ2v) is 9.65. The lowest BCUT2D eigenvalue weighted by Crippen LogP contribution is -2.52. The molecule has 0 saturated heterocycles. The summed E-state index contributed by atoms with van der Waals surface area (Å²) in [6.45, 7) is 1.92. The first-order valence-corrected chi connectivity index (χ1v) is 12.9. The van der Waals surface area contributed by atoms with Crippen LogP contribution < -0.4 is 31.3 Å². The highest BCUT2D eigenvalue weighted by atomic mass is 16.5. The number of amides is 3. The maximum atomic E-state index is 13.9. The molecule has 0 fully saturated rings. The molecule has 1 unspecified atom stereocenters. The number of hydrogen-bond donors (Lipinski definition) is 6. The lowest BCUT2D eigenvalue weighted by Gasteiger charge is -2.28. The molecule has 1 heterocycles. The number of amidine groups is 1. The Bertz CT molecular complexity index is 1460. The number of fused-ring (bicyclic) bond motifs is 2. The molecule has 3 atom stereocenters. The van der Waals surface area contributed by atoms with Crippen molar-refractivity contribution in [1.29, 1.82) is 5.41 Å². The molecule has 11 nitrogen and oxygen atoms in total. The monoisotopic (exact) mass is 546 g/mol. The van der Waals surface area contributed by atoms with E-state index in [4.69, 9.17) is 15.9 Å². The average molecular weight is 547 g/mol. The Morgan fingerprint density at radius 2 is 1.93 bits per heavy atom. The van der Waals surface area contributed by atoms with Gasteiger partial charge in [0.15, 0.2) is 6.23 Å². The number of para-hydroxylation sites is 1. The molecular formula is C29H34N6O5. The van der Waals surface area contributed by atoms with Crippen LogP contribution in [-0.2, 0) is 27.3 Å². The summed E-state index contributed by atoms with van der Waals surface area (Å²) >= 11 is 0. The second kappa shape index (κ2) is 12.2. The third-order valence-electron chi connectivity index (χ3n) is 7.12. The van der Waals surface area contributed by atoms with Crippen molar-refractivity contribution in [3.8, 4) is 5.75 Å². The number of aliphatic hydroxyl groups excluding tert-OH is 1. The fraction of sp³-hybridized carbons (Fsp3) is 0.310. The predicted molar refractivity (Wildman–Crippen MR) is 152 cm³/mol. The van der Waals surface area contributed by atoms with Crippen molar-refractivity contribution < 1.29 is 24.2 Å². The molecule has 0 bridgehead atoms. The van der Waals surface area contributed by atoms with Crippen LogP contribution in [0.3, 0.4) is 0 Å². The molecule has 40 heavy (non-hydrogen) atoms. The third kappa shape index (κ3) is 5.96. The summed E-state index contributed by atoms with van der Waals surface area (Å²) in [6, 6.07) is 15.4. The number of carbonyl (C=O) groups excluding carboxylic acids is 3. The number of likely N-dealkylation sites (N-methyl/N-ethyl adjacent to an activating group) is 1. The van der Waals surface area contributed by atoms with Crippen molar-refractivity contribution in [1.82, 2.24) is 16.0 Å². The zero-order chi connectivity index (χ0) is 29.0. The highest BCUT2D eigenvalue weighted by molar-refractivity contribution is 6.09. The quantitative estimate of drug-likeness (QED) is 0.140. The standard InChI is InChI=1S/C29H34N6O5/c1-16(32-2)27(37)33-22-12-9-17-6-4-5-7-23(17)35(29(22)39)15-21-20-11-8-19(25(30)34-28(38)26(31)36)14-18(20)10-13-24(21)40-3/h4-8,10-11,13-14,16,22,26,32,36H,9,12,15,31H2,1-3H3,(H,33,37)(H2,30,34,38)/t16-,22-,26?/m0/s1. The number of nitrogens with one attached hydrogen (secondary N) is 4. The summed E-state index contributed by atoms with van der Waals surface area (Å²) in [6.07, 6.45) is -0.644. The minimum absolute atomic E-state index is 0.178. The van der Waals surface area contributed by atoms with Crippen molar-refractivity contribution >= 4 is 40.0 Å². The first kappa shape index (κ1) is 28.7. The first-order valence-electron chi connectivity index (χ1n) is 12.9. The highest BCUT2D eigenvalue weighted by Gasteiger charge is 2.33. The van der Waals surface area contributed by atoms with E-state index in [1.807, 2.05) is 30.3 Å². The number of rotatable bonds is 8. The lowest BCUT2D eigenvalue weighted by atomic mass is 9.99. The number of anilines is 1. The second-order valence-electron chi connectivity index (χ2n) is 9.65. The van der Waals surface area contributed by atoms with Gasteiger partial charge in [-0.25, -0.2) is 0 Å². The Morgan fingerprint density at radius 1 is 1.18 bits per heavy atom. The molecular weight excluding hydrogens is 512 g/mol. The molecule has 7 N–H and O–H groups in total. The van der Waals surface area contributed by atoms with E-state index in [1.165, 1.54) is 0 Å². The SMILES string of the molecule is CN[C@@H](C)C(=O)N[C@H]1CCc2ccccc2N(Cc2c(OC)ccc3cc(C(=N)NC(=O)C(N)O)ccc23)C1=O. The van der Waals surface area contributed by atoms with Crippen molar-refractivity contribution in [2.75, 3.05) is 19.1 Å². The average Bonchev–Trinajstić information content (AvgIpc) is 3.08. The zero-order valence-corrected chi connectivity index (χ0v) is 22.7. The van der Waals surface area contributed by atoms with E-state index < -0.39 is 24.2 Å². The summed E-state index contributed by atoms with van der Waals surface area (Å²) in [5.41, 5.74) is 8.11. The summed E-state index contributed by atoms with van der Waals surface area (Å²) in [4.78, 5) is 40.1. The van der Waals surface area contributed by atoms with Crippen LogP contribution in [0.25, 0.3) is 10.8 Å². The van der Waals surface area contributed by atoms with E-state index >= 15 is 0 Å². The summed E-state index contributed by atoms with van der Waals surface area (Å²) in [5.74, 6) is -0.987. The van der Waals surface area contributed by atoms with Crippen LogP contribution >= 0.6 is 0 Å². The van der Waals surface area contributed by atoms with Crippen LogP contribution in [0.15, 0.2) is 54.6 Å². The molecule has 0 saturated carbocycles. The number of aryl methyl sites for hydroxylation is 1. The number of aliphatic hydroxyl groups is 1. The van der Waals surface area contributed by atoms with Gasteiger partial charge in [-0.2, -0.15) is 0 Å². The number of benzene rings is 3. The molecule has 210 valence electrons. The molecule has 11 heteroatoms. The molecule has 0 aliphatic carbocycles. The number of nitrogens with zero attached hydrogens (tertiary/aromatic N) is 1. The smallest absolute Gasteiger partial charge is 0.269 e. The van der Waals surface area contributed by atoms with Gasteiger partial charge >= 0.3 is 0 Å². The molecule has 0 radical (unpaired) electrons. The maximum Gasteiger partial charge on any atom is 0.269 e. The molecule has 4 rings (SSSR count). The number of nitrogens with two attached hydrogens (primary N) is 1. The Balaban J connectivity index is 1.73. The molecule has 0 spiro atoms. The summed E-state index contributed by atoms with van der Waals surface area (Å²) < 4.78 is 5.69. The van der Waals surface area contributed by atoms with Crippen LogP contribution in [0.1, 0.15) is 30.0 Å². The fourth-order valence-corrected chi connectivity index (χ4v) is 4.75. The molecule has 3 aromatic rings. The fourth-order valence-electron chi connectivity index (χ4n) is 4.75. The highest BCUT2D eigenvalue weighted by Crippen LogP contribution is 2.34. The van der Waals surface area contributed by atoms with Crippen LogP contribution in [0, 0.1) is 5.41 Å². The van der Waals surface area contributed by atoms with E-state index in [-0.39, 0.29) is 24.2 Å². The molecule has 3 aromatic carbocycles. The number of methoxy groups -OCH3 is 1. The van der Waals surface area contributed by atoms with Gasteiger partial charge in [0.2, 0.25) is 11.8 Å². The van der Waals surface area contributed by atoms with Gasteiger partial charge in [0, 0.05) is 16.8 Å². The maximum absolute atomic E-state index is 13.9. The van der Waals surface area contributed by atoms with E-state index in [0.29, 0.717) is 24.2 Å². The van der Waals surface area contributed by atoms with E-state index in [0.717, 1.165) is 27.6 Å². The van der Waals surface area contributed by atoms with Gasteiger partial charge in [-0.3, -0.25) is 25.5 Å². The predicted octanol–water partition coefficient (Wildman–Crippen LogP) is 1.14. The largest absolute Gasteiger partial charge is 0.496 e. The van der Waals surface area contributed by atoms with Gasteiger partial charge in [0.25, 0.3) is 5.91 Å². The van der Waals surface area contributed by atoms with E-state index in [9.17, 15) is 19.5 Å². The molecule has 1 aliphatic rings. The van der Waals surface area contributed by atoms with Crippen molar-refractivity contribution in [3.63, 3.8) is 0 Å². The number of hydrogen-bond acceptors (Lipinski definition) is 8. The van der Waals surface area contributed by atoms with Crippen LogP contribution in [0.2, 0.25) is 0 Å². The topological polar surface area (TPSA) is 170 Å². The Kier molecular flexibility index (Phi) is 8.78. The van der Waals surface area contributed by atoms with Crippen molar-refractivity contribution in [2.24, 2.45) is 5.73 Å². The van der Waals surface area contributed by atoms with Crippen molar-refractivity contribution in [3.05, 3.63) is 71.3 Å². The molecule has 3 amide bonds. The van der Waals surface area contributed by atoms with Gasteiger partial charge in [-0.1, -0.05) is 36.4 Å². The minimum atomic E-state index is -1.74. The Morgan fingerprint density at radius 3 is 2.62 bits per heavy atom. The van der Waals surface area contributed by atoms with Gasteiger partial charge in [0.05, 0.1) is 19.7 Å². The van der Waals surface area contributed by atoms with Gasteiger partial charge in [0.1, 0.15) is 17.6 Å². The van der Waals surface area contributed by atoms with Crippen molar-refractivity contribution in [2.45, 2.75) is 44.6 Å². The lowest BCUT2D eigenvalue weighted by molar-refractivity contribution is -0.128.